The first kappa shape index (κ1) is 23.4. The molecule has 1 aromatic heterocycles. The molecule has 0 fully saturated rings. The van der Waals surface area contributed by atoms with E-state index < -0.39 is 27.8 Å². The number of aliphatic carboxylic acids is 1. The van der Waals surface area contributed by atoms with Crippen LogP contribution >= 0.6 is 0 Å². The first-order chi connectivity index (χ1) is 16.2. The smallest absolute Gasteiger partial charge is 0.320 e. The number of hydrogen-bond donors (Lipinski definition) is 2. The Morgan fingerprint density at radius 3 is 2.85 bits per heavy atom. The number of nitrogens with one attached hydrogen (secondary N) is 1. The van der Waals surface area contributed by atoms with Crippen LogP contribution in [0.3, 0.4) is 0 Å². The molecule has 0 saturated carbocycles. The first-order valence-electron chi connectivity index (χ1n) is 10.6. The van der Waals surface area contributed by atoms with Gasteiger partial charge in [0, 0.05) is 17.2 Å². The van der Waals surface area contributed by atoms with Gasteiger partial charge in [-0.3, -0.25) is 4.79 Å². The number of benzene rings is 2. The molecule has 10 nitrogen and oxygen atoms in total. The van der Waals surface area contributed by atoms with Gasteiger partial charge in [-0.05, 0) is 56.0 Å². The third-order valence-corrected chi connectivity index (χ3v) is 6.55. The lowest BCUT2D eigenvalue weighted by atomic mass is 10.0. The quantitative estimate of drug-likeness (QED) is 0.492. The van der Waals surface area contributed by atoms with E-state index in [1.165, 1.54) is 0 Å². The minimum absolute atomic E-state index is 0.0782. The van der Waals surface area contributed by atoms with E-state index in [1.54, 1.807) is 30.3 Å². The molecule has 0 bridgehead atoms. The highest BCUT2D eigenvalue weighted by molar-refractivity contribution is 7.90. The largest absolute Gasteiger partial charge is 0.490 e. The van der Waals surface area contributed by atoms with Crippen LogP contribution in [-0.2, 0) is 21.2 Å². The molecule has 1 atom stereocenters. The number of carboxylic acids is 1. The van der Waals surface area contributed by atoms with Crippen molar-refractivity contribution in [2.75, 3.05) is 5.75 Å². The number of carboxylic acid groups (broad SMARTS) is 1. The highest BCUT2D eigenvalue weighted by Crippen LogP contribution is 2.38. The van der Waals surface area contributed by atoms with Gasteiger partial charge in [0.05, 0.1) is 11.7 Å². The number of aromatic nitrogens is 2. The van der Waals surface area contributed by atoms with Crippen molar-refractivity contribution in [3.8, 4) is 34.7 Å². The fraction of sp³-hybridized carbons (Fsp3) is 0.304. The molecule has 1 aliphatic rings. The van der Waals surface area contributed by atoms with Crippen LogP contribution in [0.1, 0.15) is 43.0 Å². The Morgan fingerprint density at radius 1 is 1.35 bits per heavy atom. The minimum Gasteiger partial charge on any atom is -0.490 e. The van der Waals surface area contributed by atoms with E-state index in [-0.39, 0.29) is 12.0 Å². The van der Waals surface area contributed by atoms with Gasteiger partial charge >= 0.3 is 5.97 Å². The summed E-state index contributed by atoms with van der Waals surface area (Å²) in [6.07, 6.45) is 0.972. The summed E-state index contributed by atoms with van der Waals surface area (Å²) in [6, 6.07) is 12.0. The van der Waals surface area contributed by atoms with Gasteiger partial charge < -0.3 is 14.4 Å². The summed E-state index contributed by atoms with van der Waals surface area (Å²) in [5, 5.41) is 22.4. The summed E-state index contributed by atoms with van der Waals surface area (Å²) < 4.78 is 37.8. The zero-order chi connectivity index (χ0) is 24.5. The van der Waals surface area contributed by atoms with Crippen molar-refractivity contribution in [3.05, 3.63) is 53.1 Å². The standard InChI is InChI=1S/C23H22N4O6S/c1-13(2)32-20-9-6-14(10-15(20)11-24)23-25-22(26-33-23)18-5-3-4-17-16(18)7-8-19(17)27-34(30,31)12-21(28)29/h3-6,9-10,13,19,27H,7-8,12H2,1-2H3,(H,28,29)/t19-/m1/s1. The van der Waals surface area contributed by atoms with E-state index in [0.717, 1.165) is 11.1 Å². The number of carbonyl (C=O) groups is 1. The molecule has 0 radical (unpaired) electrons. The number of fused-ring (bicyclic) bond motifs is 1. The monoisotopic (exact) mass is 482 g/mol. The Hall–Kier alpha value is -3.75. The van der Waals surface area contributed by atoms with Gasteiger partial charge in [0.25, 0.3) is 5.89 Å². The van der Waals surface area contributed by atoms with E-state index in [1.807, 2.05) is 19.9 Å². The maximum absolute atomic E-state index is 12.1. The number of sulfonamides is 1. The van der Waals surface area contributed by atoms with Crippen LogP contribution in [0.4, 0.5) is 0 Å². The number of hydrogen-bond acceptors (Lipinski definition) is 8. The molecule has 0 aliphatic heterocycles. The Balaban J connectivity index is 1.62. The van der Waals surface area contributed by atoms with Crippen LogP contribution < -0.4 is 9.46 Å². The molecular formula is C23H22N4O6S. The molecule has 176 valence electrons. The van der Waals surface area contributed by atoms with Crippen LogP contribution in [0.15, 0.2) is 40.9 Å². The summed E-state index contributed by atoms with van der Waals surface area (Å²) in [5.41, 5.74) is 3.24. The Labute approximate surface area is 196 Å². The van der Waals surface area contributed by atoms with Crippen LogP contribution in [0, 0.1) is 11.3 Å². The van der Waals surface area contributed by atoms with Crippen LogP contribution in [0.25, 0.3) is 22.8 Å². The molecule has 34 heavy (non-hydrogen) atoms. The highest BCUT2D eigenvalue weighted by Gasteiger charge is 2.30. The van der Waals surface area contributed by atoms with E-state index >= 15 is 0 Å². The topological polar surface area (TPSA) is 155 Å². The van der Waals surface area contributed by atoms with Crippen molar-refractivity contribution in [3.63, 3.8) is 0 Å². The zero-order valence-corrected chi connectivity index (χ0v) is 19.3. The lowest BCUT2D eigenvalue weighted by Gasteiger charge is -2.14. The molecule has 11 heteroatoms. The summed E-state index contributed by atoms with van der Waals surface area (Å²) in [6.45, 7) is 3.75. The van der Waals surface area contributed by atoms with Crippen LogP contribution in [-0.4, -0.2) is 41.5 Å². The molecule has 0 unspecified atom stereocenters. The minimum atomic E-state index is -3.97. The number of nitrogens with zero attached hydrogens (tertiary/aromatic N) is 3. The van der Waals surface area contributed by atoms with Gasteiger partial charge in [0.1, 0.15) is 11.8 Å². The summed E-state index contributed by atoms with van der Waals surface area (Å²) in [5.74, 6) is -1.36. The molecule has 2 N–H and O–H groups in total. The summed E-state index contributed by atoms with van der Waals surface area (Å²) in [7, 11) is -3.97. The second kappa shape index (κ2) is 9.24. The second-order valence-electron chi connectivity index (χ2n) is 8.15. The molecule has 1 aliphatic carbocycles. The maximum Gasteiger partial charge on any atom is 0.320 e. The van der Waals surface area contributed by atoms with E-state index in [0.29, 0.717) is 41.1 Å². The third kappa shape index (κ3) is 4.93. The van der Waals surface area contributed by atoms with Gasteiger partial charge in [-0.15, -0.1) is 0 Å². The number of rotatable bonds is 8. The van der Waals surface area contributed by atoms with Crippen molar-refractivity contribution in [1.82, 2.24) is 14.9 Å². The van der Waals surface area contributed by atoms with Gasteiger partial charge in [0.15, 0.2) is 5.75 Å². The average Bonchev–Trinajstić information content (AvgIpc) is 3.40. The van der Waals surface area contributed by atoms with Gasteiger partial charge in [0.2, 0.25) is 15.8 Å². The molecule has 2 aromatic carbocycles. The molecule has 4 rings (SSSR count). The van der Waals surface area contributed by atoms with Gasteiger partial charge in [-0.25, -0.2) is 13.1 Å². The molecule has 0 amide bonds. The molecule has 1 heterocycles. The van der Waals surface area contributed by atoms with E-state index in [2.05, 4.69) is 20.9 Å². The van der Waals surface area contributed by atoms with Gasteiger partial charge in [-0.1, -0.05) is 23.4 Å². The zero-order valence-electron chi connectivity index (χ0n) is 18.5. The normalized spacial score (nSPS) is 15.2. The molecular weight excluding hydrogens is 460 g/mol. The Bertz CT molecular complexity index is 1390. The van der Waals surface area contributed by atoms with Crippen molar-refractivity contribution < 1.29 is 27.6 Å². The summed E-state index contributed by atoms with van der Waals surface area (Å²) >= 11 is 0. The fourth-order valence-corrected chi connectivity index (χ4v) is 5.05. The summed E-state index contributed by atoms with van der Waals surface area (Å²) in [4.78, 5) is 15.3. The highest BCUT2D eigenvalue weighted by atomic mass is 32.2. The predicted octanol–water partition coefficient (Wildman–Crippen LogP) is 3.05. The predicted molar refractivity (Wildman–Crippen MR) is 121 cm³/mol. The van der Waals surface area contributed by atoms with E-state index in [9.17, 15) is 18.5 Å². The lowest BCUT2D eigenvalue weighted by Crippen LogP contribution is -2.32. The second-order valence-corrected chi connectivity index (χ2v) is 9.90. The Morgan fingerprint density at radius 2 is 2.15 bits per heavy atom. The van der Waals surface area contributed by atoms with Crippen molar-refractivity contribution in [2.24, 2.45) is 0 Å². The first-order valence-corrected chi connectivity index (χ1v) is 12.2. The maximum atomic E-state index is 12.1. The molecule has 0 saturated heterocycles. The van der Waals surface area contributed by atoms with E-state index in [4.69, 9.17) is 14.4 Å². The fourth-order valence-electron chi connectivity index (χ4n) is 3.96. The third-order valence-electron chi connectivity index (χ3n) is 5.28. The SMILES string of the molecule is CC(C)Oc1ccc(-c2nc(-c3cccc4c3CC[C@H]4NS(=O)(=O)CC(=O)O)no2)cc1C#N. The van der Waals surface area contributed by atoms with Crippen molar-refractivity contribution in [1.29, 1.82) is 5.26 Å². The van der Waals surface area contributed by atoms with Crippen molar-refractivity contribution >= 4 is 16.0 Å². The number of nitriles is 1. The molecule has 3 aromatic rings. The lowest BCUT2D eigenvalue weighted by molar-refractivity contribution is -0.134. The van der Waals surface area contributed by atoms with Crippen molar-refractivity contribution in [2.45, 2.75) is 38.8 Å². The average molecular weight is 483 g/mol. The van der Waals surface area contributed by atoms with Gasteiger partial charge in [-0.2, -0.15) is 10.2 Å². The van der Waals surface area contributed by atoms with Crippen LogP contribution in [0.5, 0.6) is 5.75 Å². The van der Waals surface area contributed by atoms with Crippen LogP contribution in [0.2, 0.25) is 0 Å². The Kier molecular flexibility index (Phi) is 6.37. The number of ether oxygens (including phenoxy) is 1. The molecule has 0 spiro atoms.